The minimum Gasteiger partial charge on any atom is -0.505 e. The second-order valence-electron chi connectivity index (χ2n) is 7.23. The summed E-state index contributed by atoms with van der Waals surface area (Å²) in [6.45, 7) is 8.14. The van der Waals surface area contributed by atoms with Gasteiger partial charge >= 0.3 is 0 Å². The molecule has 1 aromatic heterocycles. The van der Waals surface area contributed by atoms with Gasteiger partial charge in [-0.15, -0.1) is 0 Å². The lowest BCUT2D eigenvalue weighted by Crippen LogP contribution is -2.46. The maximum atomic E-state index is 12.8. The summed E-state index contributed by atoms with van der Waals surface area (Å²) in [5.41, 5.74) is 0.172. The van der Waals surface area contributed by atoms with Crippen molar-refractivity contribution in [2.24, 2.45) is 11.8 Å². The molecular weight excluding hydrogens is 290 g/mol. The molecule has 1 amide bonds. The van der Waals surface area contributed by atoms with Crippen LogP contribution in [-0.4, -0.2) is 58.0 Å². The zero-order valence-corrected chi connectivity index (χ0v) is 14.1. The largest absolute Gasteiger partial charge is 0.505 e. The van der Waals surface area contributed by atoms with Gasteiger partial charge in [0.25, 0.3) is 5.91 Å². The van der Waals surface area contributed by atoms with Crippen LogP contribution in [0.3, 0.4) is 0 Å². The first kappa shape index (κ1) is 16.2. The molecule has 1 aliphatic carbocycles. The van der Waals surface area contributed by atoms with Crippen molar-refractivity contribution in [3.63, 3.8) is 0 Å². The number of carbonyl (C=O) groups is 1. The molecule has 1 saturated heterocycles. The Labute approximate surface area is 138 Å². The molecule has 1 aromatic rings. The summed E-state index contributed by atoms with van der Waals surface area (Å²) >= 11 is 0. The van der Waals surface area contributed by atoms with Crippen molar-refractivity contribution in [2.75, 3.05) is 26.2 Å². The molecule has 1 N–H and O–H groups in total. The van der Waals surface area contributed by atoms with Crippen molar-refractivity contribution in [2.45, 2.75) is 39.2 Å². The molecular formula is C18H27N3O2. The standard InChI is InChI=1S/C18H27N3O2/c1-13(2)15-12-21(10-4-9-20(15)11-14-6-7-14)18(23)17-16(22)5-3-8-19-17/h3,5,8,13-15,22H,4,6-7,9-12H2,1-2H3. The van der Waals surface area contributed by atoms with Crippen LogP contribution in [0.25, 0.3) is 0 Å². The fraction of sp³-hybridized carbons (Fsp3) is 0.667. The molecule has 2 aliphatic rings. The van der Waals surface area contributed by atoms with Crippen molar-refractivity contribution < 1.29 is 9.90 Å². The van der Waals surface area contributed by atoms with Crippen LogP contribution >= 0.6 is 0 Å². The zero-order valence-electron chi connectivity index (χ0n) is 14.1. The molecule has 1 atom stereocenters. The van der Waals surface area contributed by atoms with Crippen LogP contribution in [0.5, 0.6) is 5.75 Å². The van der Waals surface area contributed by atoms with Gasteiger partial charge in [0.05, 0.1) is 0 Å². The normalized spacial score (nSPS) is 23.1. The SMILES string of the molecule is CC(C)C1CN(C(=O)c2ncccc2O)CCCN1CC1CC1. The molecule has 5 nitrogen and oxygen atoms in total. The first-order chi connectivity index (χ1) is 11.1. The van der Waals surface area contributed by atoms with Gasteiger partial charge in [-0.1, -0.05) is 13.8 Å². The van der Waals surface area contributed by atoms with Gasteiger partial charge in [-0.3, -0.25) is 9.69 Å². The highest BCUT2D eigenvalue weighted by Gasteiger charge is 2.34. The lowest BCUT2D eigenvalue weighted by Gasteiger charge is -2.34. The first-order valence-electron chi connectivity index (χ1n) is 8.73. The highest BCUT2D eigenvalue weighted by molar-refractivity contribution is 5.94. The number of rotatable bonds is 4. The van der Waals surface area contributed by atoms with Crippen molar-refractivity contribution in [3.8, 4) is 5.75 Å². The maximum absolute atomic E-state index is 12.8. The molecule has 1 aliphatic heterocycles. The lowest BCUT2D eigenvalue weighted by atomic mass is 10.0. The lowest BCUT2D eigenvalue weighted by molar-refractivity contribution is 0.0695. The number of amides is 1. The third-order valence-corrected chi connectivity index (χ3v) is 4.99. The van der Waals surface area contributed by atoms with Gasteiger partial charge in [0.15, 0.2) is 5.69 Å². The van der Waals surface area contributed by atoms with Gasteiger partial charge in [0.2, 0.25) is 0 Å². The molecule has 0 bridgehead atoms. The van der Waals surface area contributed by atoms with E-state index >= 15 is 0 Å². The fourth-order valence-electron chi connectivity index (χ4n) is 3.45. The number of aromatic nitrogens is 1. The number of hydrogen-bond acceptors (Lipinski definition) is 4. The second-order valence-corrected chi connectivity index (χ2v) is 7.23. The minimum absolute atomic E-state index is 0.0299. The quantitative estimate of drug-likeness (QED) is 0.926. The van der Waals surface area contributed by atoms with E-state index in [0.29, 0.717) is 12.0 Å². The molecule has 0 aromatic carbocycles. The Morgan fingerprint density at radius 1 is 1.39 bits per heavy atom. The second kappa shape index (κ2) is 6.87. The molecule has 0 spiro atoms. The average molecular weight is 317 g/mol. The van der Waals surface area contributed by atoms with E-state index in [0.717, 1.165) is 32.0 Å². The van der Waals surface area contributed by atoms with Crippen LogP contribution < -0.4 is 0 Å². The summed E-state index contributed by atoms with van der Waals surface area (Å²) in [6, 6.07) is 3.55. The average Bonchev–Trinajstić information content (AvgIpc) is 3.34. The van der Waals surface area contributed by atoms with Crippen LogP contribution in [0.4, 0.5) is 0 Å². The highest BCUT2D eigenvalue weighted by Crippen LogP contribution is 2.32. The smallest absolute Gasteiger partial charge is 0.276 e. The number of nitrogens with zero attached hydrogens (tertiary/aromatic N) is 3. The van der Waals surface area contributed by atoms with E-state index in [1.807, 2.05) is 4.90 Å². The van der Waals surface area contributed by atoms with E-state index in [-0.39, 0.29) is 17.4 Å². The molecule has 126 valence electrons. The van der Waals surface area contributed by atoms with Gasteiger partial charge in [-0.05, 0) is 43.2 Å². The van der Waals surface area contributed by atoms with E-state index in [9.17, 15) is 9.90 Å². The number of pyridine rings is 1. The predicted molar refractivity (Wildman–Crippen MR) is 89.3 cm³/mol. The summed E-state index contributed by atoms with van der Waals surface area (Å²) in [5.74, 6) is 1.18. The zero-order chi connectivity index (χ0) is 16.4. The van der Waals surface area contributed by atoms with E-state index < -0.39 is 0 Å². The van der Waals surface area contributed by atoms with Gasteiger partial charge < -0.3 is 10.0 Å². The van der Waals surface area contributed by atoms with Gasteiger partial charge in [-0.25, -0.2) is 4.98 Å². The molecule has 23 heavy (non-hydrogen) atoms. The van der Waals surface area contributed by atoms with Crippen molar-refractivity contribution in [3.05, 3.63) is 24.0 Å². The van der Waals surface area contributed by atoms with Crippen LogP contribution in [0.1, 0.15) is 43.6 Å². The Kier molecular flexibility index (Phi) is 4.85. The third kappa shape index (κ3) is 3.83. The Bertz CT molecular complexity index is 557. The molecule has 1 unspecified atom stereocenters. The van der Waals surface area contributed by atoms with Gasteiger partial charge in [0.1, 0.15) is 5.75 Å². The summed E-state index contributed by atoms with van der Waals surface area (Å²) in [6.07, 6.45) is 5.25. The van der Waals surface area contributed by atoms with Gasteiger partial charge in [0, 0.05) is 38.4 Å². The van der Waals surface area contributed by atoms with Crippen LogP contribution in [0.2, 0.25) is 0 Å². The molecule has 3 rings (SSSR count). The van der Waals surface area contributed by atoms with Crippen molar-refractivity contribution in [1.29, 1.82) is 0 Å². The van der Waals surface area contributed by atoms with E-state index in [1.54, 1.807) is 12.3 Å². The molecule has 2 fully saturated rings. The number of aromatic hydroxyl groups is 1. The first-order valence-corrected chi connectivity index (χ1v) is 8.73. The monoisotopic (exact) mass is 317 g/mol. The maximum Gasteiger partial charge on any atom is 0.276 e. The summed E-state index contributed by atoms with van der Waals surface area (Å²) in [5, 5.41) is 9.92. The highest BCUT2D eigenvalue weighted by atomic mass is 16.3. The third-order valence-electron chi connectivity index (χ3n) is 4.99. The van der Waals surface area contributed by atoms with Crippen LogP contribution in [-0.2, 0) is 0 Å². The van der Waals surface area contributed by atoms with Crippen molar-refractivity contribution >= 4 is 5.91 Å². The van der Waals surface area contributed by atoms with Crippen molar-refractivity contribution in [1.82, 2.24) is 14.8 Å². The van der Waals surface area contributed by atoms with Crippen LogP contribution in [0, 0.1) is 11.8 Å². The Balaban J connectivity index is 1.75. The molecule has 5 heteroatoms. The molecule has 2 heterocycles. The summed E-state index contributed by atoms with van der Waals surface area (Å²) in [4.78, 5) is 21.3. The number of hydrogen-bond donors (Lipinski definition) is 1. The topological polar surface area (TPSA) is 56.7 Å². The Hall–Kier alpha value is -1.62. The molecule has 0 radical (unpaired) electrons. The van der Waals surface area contributed by atoms with E-state index in [2.05, 4.69) is 23.7 Å². The predicted octanol–water partition coefficient (Wildman–Crippen LogP) is 2.37. The van der Waals surface area contributed by atoms with Crippen LogP contribution in [0.15, 0.2) is 18.3 Å². The van der Waals surface area contributed by atoms with E-state index in [4.69, 9.17) is 0 Å². The Morgan fingerprint density at radius 2 is 2.17 bits per heavy atom. The Morgan fingerprint density at radius 3 is 2.83 bits per heavy atom. The molecule has 1 saturated carbocycles. The van der Waals surface area contributed by atoms with E-state index in [1.165, 1.54) is 25.5 Å². The summed E-state index contributed by atoms with van der Waals surface area (Å²) < 4.78 is 0. The minimum atomic E-state index is -0.151. The van der Waals surface area contributed by atoms with Gasteiger partial charge in [-0.2, -0.15) is 0 Å². The fourth-order valence-corrected chi connectivity index (χ4v) is 3.45. The number of carbonyl (C=O) groups excluding carboxylic acids is 1. The summed E-state index contributed by atoms with van der Waals surface area (Å²) in [7, 11) is 0.